The minimum Gasteiger partial charge on any atom is -0.462 e. The van der Waals surface area contributed by atoms with E-state index in [2.05, 4.69) is 119 Å². The normalized spacial score (nSPS) is 32.9. The van der Waals surface area contributed by atoms with Gasteiger partial charge in [0.15, 0.2) is 0 Å². The highest BCUT2D eigenvalue weighted by Gasteiger charge is 2.51. The van der Waals surface area contributed by atoms with Crippen LogP contribution in [0.4, 0.5) is 0 Å². The maximum absolute atomic E-state index is 13.8. The Balaban J connectivity index is 1.51. The Morgan fingerprint density at radius 2 is 0.638 bits per heavy atom. The van der Waals surface area contributed by atoms with Crippen molar-refractivity contribution in [3.63, 3.8) is 0 Å². The van der Waals surface area contributed by atoms with Crippen molar-refractivity contribution in [3.8, 4) is 0 Å². The lowest BCUT2D eigenvalue weighted by atomic mass is 9.74. The molecule has 0 aromatic heterocycles. The van der Waals surface area contributed by atoms with Gasteiger partial charge < -0.3 is 14.2 Å². The van der Waals surface area contributed by atoms with Crippen molar-refractivity contribution in [1.82, 2.24) is 14.7 Å². The van der Waals surface area contributed by atoms with Crippen molar-refractivity contribution >= 4 is 17.9 Å². The summed E-state index contributed by atoms with van der Waals surface area (Å²) in [6.45, 7) is 26.0. The molecule has 3 heterocycles. The summed E-state index contributed by atoms with van der Waals surface area (Å²) in [6.07, 6.45) is 3.01. The Bertz CT molecular complexity index is 1090. The van der Waals surface area contributed by atoms with Crippen LogP contribution >= 0.6 is 0 Å². The molecule has 0 radical (unpaired) electrons. The lowest BCUT2D eigenvalue weighted by Crippen LogP contribution is -2.60. The number of esters is 3. The van der Waals surface area contributed by atoms with Crippen LogP contribution in [0.1, 0.15) is 134 Å². The number of likely N-dealkylation sites (tertiary alicyclic amines) is 3. The van der Waals surface area contributed by atoms with Gasteiger partial charge in [-0.2, -0.15) is 0 Å². The summed E-state index contributed by atoms with van der Waals surface area (Å²) >= 11 is 0. The number of hydrogen-bond donors (Lipinski definition) is 0. The SMILES string of the molecule is CN1C(C)(C)CC(C(=O)OC2CC(OC(=O)C3CC(C)(C)N(C)C(C)(C)C3)C(OC(=O)C3CC(C)(C)N(C)C(C)(C)C3)C2)CC1(C)C. The van der Waals surface area contributed by atoms with E-state index in [0.29, 0.717) is 51.4 Å². The van der Waals surface area contributed by atoms with Crippen LogP contribution in [0.2, 0.25) is 0 Å². The van der Waals surface area contributed by atoms with E-state index >= 15 is 0 Å². The molecule has 4 rings (SSSR count). The summed E-state index contributed by atoms with van der Waals surface area (Å²) < 4.78 is 18.7. The first-order chi connectivity index (χ1) is 21.2. The monoisotopic (exact) mass is 662 g/mol. The number of hydrogen-bond acceptors (Lipinski definition) is 9. The van der Waals surface area contributed by atoms with Crippen LogP contribution in [0, 0.1) is 17.8 Å². The van der Waals surface area contributed by atoms with Gasteiger partial charge in [0.05, 0.1) is 17.8 Å². The number of ether oxygens (including phenoxy) is 3. The Morgan fingerprint density at radius 1 is 0.426 bits per heavy atom. The fourth-order valence-electron chi connectivity index (χ4n) is 9.63. The second-order valence-corrected chi connectivity index (χ2v) is 19.3. The molecule has 0 aromatic rings. The molecule has 270 valence electrons. The van der Waals surface area contributed by atoms with Crippen LogP contribution in [0.25, 0.3) is 0 Å². The second-order valence-electron chi connectivity index (χ2n) is 19.3. The average molecular weight is 662 g/mol. The van der Waals surface area contributed by atoms with Gasteiger partial charge in [-0.1, -0.05) is 0 Å². The molecule has 9 heteroatoms. The molecule has 47 heavy (non-hydrogen) atoms. The molecule has 0 N–H and O–H groups in total. The predicted octanol–water partition coefficient (Wildman–Crippen LogP) is 6.21. The van der Waals surface area contributed by atoms with Crippen molar-refractivity contribution < 1.29 is 28.6 Å². The number of nitrogens with zero attached hydrogens (tertiary/aromatic N) is 3. The molecule has 3 aliphatic heterocycles. The Kier molecular flexibility index (Phi) is 10.2. The minimum atomic E-state index is -0.659. The topological polar surface area (TPSA) is 88.6 Å². The highest BCUT2D eigenvalue weighted by Crippen LogP contribution is 2.44. The molecule has 0 bridgehead atoms. The Labute approximate surface area is 285 Å². The number of piperidine rings is 3. The van der Waals surface area contributed by atoms with Gasteiger partial charge in [0.2, 0.25) is 0 Å². The maximum atomic E-state index is 13.8. The molecule has 0 aromatic carbocycles. The minimum absolute atomic E-state index is 0.150. The molecule has 2 unspecified atom stereocenters. The largest absolute Gasteiger partial charge is 0.462 e. The first kappa shape index (κ1) is 38.1. The fourth-order valence-corrected chi connectivity index (χ4v) is 9.63. The maximum Gasteiger partial charge on any atom is 0.309 e. The summed E-state index contributed by atoms with van der Waals surface area (Å²) in [5, 5.41) is 0. The quantitative estimate of drug-likeness (QED) is 0.244. The van der Waals surface area contributed by atoms with E-state index in [1.165, 1.54) is 0 Å². The highest BCUT2D eigenvalue weighted by atomic mass is 16.6. The van der Waals surface area contributed by atoms with Crippen LogP contribution in [0.5, 0.6) is 0 Å². The summed E-state index contributed by atoms with van der Waals surface area (Å²) in [5.41, 5.74) is -0.989. The van der Waals surface area contributed by atoms with E-state index in [1.807, 2.05) is 0 Å². The zero-order valence-corrected chi connectivity index (χ0v) is 32.4. The third kappa shape index (κ3) is 7.88. The summed E-state index contributed by atoms with van der Waals surface area (Å²) in [7, 11) is 6.35. The molecule has 4 fully saturated rings. The molecule has 1 saturated carbocycles. The van der Waals surface area contributed by atoms with Gasteiger partial charge in [-0.15, -0.1) is 0 Å². The first-order valence-corrected chi connectivity index (χ1v) is 18.0. The van der Waals surface area contributed by atoms with Crippen LogP contribution in [0.15, 0.2) is 0 Å². The van der Waals surface area contributed by atoms with Gasteiger partial charge in [0.1, 0.15) is 18.3 Å². The van der Waals surface area contributed by atoms with Gasteiger partial charge in [-0.05, 0) is 143 Å². The predicted molar refractivity (Wildman–Crippen MR) is 185 cm³/mol. The lowest BCUT2D eigenvalue weighted by Gasteiger charge is -2.53. The highest BCUT2D eigenvalue weighted by molar-refractivity contribution is 5.75. The molecule has 4 aliphatic rings. The van der Waals surface area contributed by atoms with Crippen LogP contribution in [-0.4, -0.2) is 105 Å². The average Bonchev–Trinajstić information content (AvgIpc) is 3.27. The Morgan fingerprint density at radius 3 is 0.872 bits per heavy atom. The molecule has 0 amide bonds. The standard InChI is InChI=1S/C38H67N3O6/c1-33(2)18-24(19-34(3,4)39(33)13)30(42)45-27-16-28(46-31(43)25-20-35(5,6)40(14)36(7,8)21-25)29(17-27)47-32(44)26-22-37(9,10)41(15)38(11,12)23-26/h24-29H,16-23H2,1-15H3. The van der Waals surface area contributed by atoms with Gasteiger partial charge in [-0.3, -0.25) is 29.1 Å². The zero-order chi connectivity index (χ0) is 35.7. The molecule has 9 nitrogen and oxygen atoms in total. The number of rotatable bonds is 6. The van der Waals surface area contributed by atoms with E-state index in [1.54, 1.807) is 0 Å². The molecule has 3 saturated heterocycles. The van der Waals surface area contributed by atoms with Crippen molar-refractivity contribution in [1.29, 1.82) is 0 Å². The van der Waals surface area contributed by atoms with E-state index in [0.717, 1.165) is 0 Å². The van der Waals surface area contributed by atoms with Crippen LogP contribution in [-0.2, 0) is 28.6 Å². The molecular formula is C38H67N3O6. The summed E-state index contributed by atoms with van der Waals surface area (Å²) in [5.74, 6) is -1.48. The van der Waals surface area contributed by atoms with E-state index < -0.39 is 18.3 Å². The zero-order valence-electron chi connectivity index (χ0n) is 32.4. The third-order valence-corrected chi connectivity index (χ3v) is 13.1. The molecule has 2 atom stereocenters. The van der Waals surface area contributed by atoms with E-state index in [9.17, 15) is 14.4 Å². The van der Waals surface area contributed by atoms with Crippen molar-refractivity contribution in [3.05, 3.63) is 0 Å². The van der Waals surface area contributed by atoms with Gasteiger partial charge >= 0.3 is 17.9 Å². The van der Waals surface area contributed by atoms with Gasteiger partial charge in [0.25, 0.3) is 0 Å². The smallest absolute Gasteiger partial charge is 0.309 e. The number of carbonyl (C=O) groups is 3. The lowest BCUT2D eigenvalue weighted by molar-refractivity contribution is -0.177. The molecule has 1 aliphatic carbocycles. The van der Waals surface area contributed by atoms with Crippen molar-refractivity contribution in [2.45, 2.75) is 186 Å². The Hall–Kier alpha value is -1.71. The summed E-state index contributed by atoms with van der Waals surface area (Å²) in [6, 6.07) is 0. The fraction of sp³-hybridized carbons (Fsp3) is 0.921. The first-order valence-electron chi connectivity index (χ1n) is 18.0. The van der Waals surface area contributed by atoms with E-state index in [-0.39, 0.29) is 68.9 Å². The van der Waals surface area contributed by atoms with Gasteiger partial charge in [-0.25, -0.2) is 0 Å². The summed E-state index contributed by atoms with van der Waals surface area (Å²) in [4.78, 5) is 48.4. The molecule has 0 spiro atoms. The van der Waals surface area contributed by atoms with Crippen molar-refractivity contribution in [2.75, 3.05) is 21.1 Å². The number of carbonyl (C=O) groups excluding carboxylic acids is 3. The van der Waals surface area contributed by atoms with Gasteiger partial charge in [0, 0.05) is 46.1 Å². The van der Waals surface area contributed by atoms with Crippen LogP contribution in [0.3, 0.4) is 0 Å². The van der Waals surface area contributed by atoms with Crippen LogP contribution < -0.4 is 0 Å². The van der Waals surface area contributed by atoms with Crippen molar-refractivity contribution in [2.24, 2.45) is 17.8 Å². The van der Waals surface area contributed by atoms with E-state index in [4.69, 9.17) is 14.2 Å². The second kappa shape index (κ2) is 12.6. The molecular weight excluding hydrogens is 594 g/mol. The third-order valence-electron chi connectivity index (χ3n) is 13.1.